The number of methoxy groups -OCH3 is 1. The number of nitrogens with one attached hydrogen (secondary N) is 2. The van der Waals surface area contributed by atoms with Crippen LogP contribution >= 0.6 is 23.4 Å². The van der Waals surface area contributed by atoms with Crippen LogP contribution in [0.3, 0.4) is 0 Å². The van der Waals surface area contributed by atoms with Crippen LogP contribution in [0.1, 0.15) is 10.4 Å². The fourth-order valence-corrected chi connectivity index (χ4v) is 3.42. The maximum absolute atomic E-state index is 13.0. The molecule has 30 heavy (non-hydrogen) atoms. The first-order chi connectivity index (χ1) is 14.4. The minimum atomic E-state index is -0.397. The van der Waals surface area contributed by atoms with E-state index in [0.29, 0.717) is 27.7 Å². The molecule has 0 aliphatic heterocycles. The second-order valence-electron chi connectivity index (χ2n) is 6.17. The number of anilines is 2. The molecule has 0 saturated carbocycles. The molecule has 0 fully saturated rings. The number of carbonyl (C=O) groups is 2. The number of halogens is 2. The maximum atomic E-state index is 13.0. The third-order valence-electron chi connectivity index (χ3n) is 4.02. The monoisotopic (exact) mass is 444 g/mol. The van der Waals surface area contributed by atoms with E-state index < -0.39 is 5.82 Å². The maximum Gasteiger partial charge on any atom is 0.255 e. The van der Waals surface area contributed by atoms with Gasteiger partial charge in [-0.1, -0.05) is 11.6 Å². The van der Waals surface area contributed by atoms with E-state index in [1.807, 2.05) is 0 Å². The van der Waals surface area contributed by atoms with Crippen LogP contribution in [-0.2, 0) is 4.79 Å². The molecule has 154 valence electrons. The molecule has 0 saturated heterocycles. The number of ether oxygens (including phenoxy) is 1. The highest BCUT2D eigenvalue weighted by Crippen LogP contribution is 2.28. The zero-order chi connectivity index (χ0) is 21.5. The zero-order valence-electron chi connectivity index (χ0n) is 15.9. The van der Waals surface area contributed by atoms with Crippen molar-refractivity contribution in [2.45, 2.75) is 4.90 Å². The van der Waals surface area contributed by atoms with Crippen LogP contribution in [-0.4, -0.2) is 24.7 Å². The minimum absolute atomic E-state index is 0.191. The average Bonchev–Trinajstić information content (AvgIpc) is 2.74. The Morgan fingerprint density at radius 1 is 1.00 bits per heavy atom. The van der Waals surface area contributed by atoms with Gasteiger partial charge in [-0.25, -0.2) is 4.39 Å². The van der Waals surface area contributed by atoms with Gasteiger partial charge in [-0.3, -0.25) is 9.59 Å². The molecule has 0 aromatic heterocycles. The van der Waals surface area contributed by atoms with Gasteiger partial charge in [-0.05, 0) is 66.7 Å². The SMILES string of the molecule is COc1ccc(Cl)cc1NC(=O)CSc1ccc(NC(=O)c2ccc(F)cc2)cc1. The lowest BCUT2D eigenvalue weighted by Crippen LogP contribution is -2.14. The lowest BCUT2D eigenvalue weighted by Gasteiger charge is -2.10. The molecule has 3 aromatic rings. The van der Waals surface area contributed by atoms with Gasteiger partial charge in [-0.15, -0.1) is 11.8 Å². The highest BCUT2D eigenvalue weighted by Gasteiger charge is 2.10. The van der Waals surface area contributed by atoms with E-state index in [4.69, 9.17) is 16.3 Å². The summed E-state index contributed by atoms with van der Waals surface area (Å²) in [5, 5.41) is 6.02. The molecule has 0 aliphatic rings. The van der Waals surface area contributed by atoms with Gasteiger partial charge in [0, 0.05) is 21.2 Å². The Bertz CT molecular complexity index is 1040. The first-order valence-electron chi connectivity index (χ1n) is 8.88. The average molecular weight is 445 g/mol. The molecule has 0 spiro atoms. The van der Waals surface area contributed by atoms with Gasteiger partial charge in [0.2, 0.25) is 5.91 Å². The van der Waals surface area contributed by atoms with Crippen molar-refractivity contribution in [1.29, 1.82) is 0 Å². The zero-order valence-corrected chi connectivity index (χ0v) is 17.5. The summed E-state index contributed by atoms with van der Waals surface area (Å²) in [6.45, 7) is 0. The van der Waals surface area contributed by atoms with Crippen molar-refractivity contribution in [3.05, 3.63) is 83.1 Å². The molecule has 0 unspecified atom stereocenters. The molecular formula is C22H18ClFN2O3S. The number of amides is 2. The summed E-state index contributed by atoms with van der Waals surface area (Å²) in [5.74, 6) is -0.207. The quantitative estimate of drug-likeness (QED) is 0.474. The van der Waals surface area contributed by atoms with Crippen molar-refractivity contribution in [2.24, 2.45) is 0 Å². The molecule has 2 amide bonds. The van der Waals surface area contributed by atoms with Crippen molar-refractivity contribution in [3.63, 3.8) is 0 Å². The van der Waals surface area contributed by atoms with Crippen molar-refractivity contribution in [3.8, 4) is 5.75 Å². The Kier molecular flexibility index (Phi) is 7.32. The molecule has 8 heteroatoms. The van der Waals surface area contributed by atoms with Crippen molar-refractivity contribution in [1.82, 2.24) is 0 Å². The Hall–Kier alpha value is -3.03. The Morgan fingerprint density at radius 2 is 1.70 bits per heavy atom. The lowest BCUT2D eigenvalue weighted by atomic mass is 10.2. The predicted octanol–water partition coefficient (Wildman–Crippen LogP) is 5.47. The molecule has 2 N–H and O–H groups in total. The smallest absolute Gasteiger partial charge is 0.255 e. The molecule has 3 rings (SSSR count). The van der Waals surface area contributed by atoms with Gasteiger partial charge in [0.15, 0.2) is 0 Å². The summed E-state index contributed by atoms with van der Waals surface area (Å²) in [6, 6.07) is 17.4. The third kappa shape index (κ3) is 5.98. The molecular weight excluding hydrogens is 427 g/mol. The summed E-state index contributed by atoms with van der Waals surface area (Å²) < 4.78 is 18.2. The van der Waals surface area contributed by atoms with Crippen LogP contribution in [0.4, 0.5) is 15.8 Å². The highest BCUT2D eigenvalue weighted by molar-refractivity contribution is 8.00. The molecule has 0 atom stereocenters. The fraction of sp³-hybridized carbons (Fsp3) is 0.0909. The summed E-state index contributed by atoms with van der Waals surface area (Å²) in [5.41, 5.74) is 1.47. The third-order valence-corrected chi connectivity index (χ3v) is 5.27. The van der Waals surface area contributed by atoms with E-state index in [9.17, 15) is 14.0 Å². The first kappa shape index (κ1) is 21.7. The minimum Gasteiger partial charge on any atom is -0.495 e. The second-order valence-corrected chi connectivity index (χ2v) is 7.65. The number of thioether (sulfide) groups is 1. The lowest BCUT2D eigenvalue weighted by molar-refractivity contribution is -0.113. The first-order valence-corrected chi connectivity index (χ1v) is 10.2. The summed E-state index contributed by atoms with van der Waals surface area (Å²) in [7, 11) is 1.52. The van der Waals surface area contributed by atoms with E-state index >= 15 is 0 Å². The number of benzene rings is 3. The van der Waals surface area contributed by atoms with E-state index in [2.05, 4.69) is 10.6 Å². The van der Waals surface area contributed by atoms with E-state index in [0.717, 1.165) is 4.90 Å². The van der Waals surface area contributed by atoms with E-state index in [-0.39, 0.29) is 17.6 Å². The number of hydrogen-bond acceptors (Lipinski definition) is 4. The van der Waals surface area contributed by atoms with Crippen LogP contribution in [0.25, 0.3) is 0 Å². The molecule has 0 heterocycles. The largest absolute Gasteiger partial charge is 0.495 e. The van der Waals surface area contributed by atoms with Crippen molar-refractivity contribution < 1.29 is 18.7 Å². The van der Waals surface area contributed by atoms with Crippen molar-refractivity contribution in [2.75, 3.05) is 23.5 Å². The van der Waals surface area contributed by atoms with Gasteiger partial charge in [0.05, 0.1) is 18.6 Å². The second kappa shape index (κ2) is 10.1. The van der Waals surface area contributed by atoms with E-state index in [1.54, 1.807) is 42.5 Å². The topological polar surface area (TPSA) is 67.4 Å². The highest BCUT2D eigenvalue weighted by atomic mass is 35.5. The normalized spacial score (nSPS) is 10.4. The molecule has 0 aliphatic carbocycles. The molecule has 5 nitrogen and oxygen atoms in total. The number of hydrogen-bond donors (Lipinski definition) is 2. The van der Waals surface area contributed by atoms with E-state index in [1.165, 1.54) is 43.1 Å². The standard InChI is InChI=1S/C22H18ClFN2O3S/c1-29-20-11-4-15(23)12-19(20)26-21(27)13-30-18-9-7-17(8-10-18)25-22(28)14-2-5-16(24)6-3-14/h2-12H,13H2,1H3,(H,25,28)(H,26,27). The predicted molar refractivity (Wildman–Crippen MR) is 118 cm³/mol. The van der Waals surface area contributed by atoms with Gasteiger partial charge in [0.25, 0.3) is 5.91 Å². The molecule has 0 bridgehead atoms. The van der Waals surface area contributed by atoms with Crippen LogP contribution in [0.5, 0.6) is 5.75 Å². The van der Waals surface area contributed by atoms with Crippen LogP contribution in [0, 0.1) is 5.82 Å². The Morgan fingerprint density at radius 3 is 2.37 bits per heavy atom. The summed E-state index contributed by atoms with van der Waals surface area (Å²) in [6.07, 6.45) is 0. The van der Waals surface area contributed by atoms with Gasteiger partial charge >= 0.3 is 0 Å². The Balaban J connectivity index is 1.53. The van der Waals surface area contributed by atoms with Gasteiger partial charge in [-0.2, -0.15) is 0 Å². The molecule has 0 radical (unpaired) electrons. The Labute approximate surface area is 182 Å². The van der Waals surface area contributed by atoms with Gasteiger partial charge < -0.3 is 15.4 Å². The van der Waals surface area contributed by atoms with Gasteiger partial charge in [0.1, 0.15) is 11.6 Å². The number of carbonyl (C=O) groups excluding carboxylic acids is 2. The summed E-state index contributed by atoms with van der Waals surface area (Å²) in [4.78, 5) is 25.3. The van der Waals surface area contributed by atoms with Crippen molar-refractivity contribution >= 4 is 46.6 Å². The fourth-order valence-electron chi connectivity index (χ4n) is 2.55. The number of rotatable bonds is 7. The summed E-state index contributed by atoms with van der Waals surface area (Å²) >= 11 is 7.32. The van der Waals surface area contributed by atoms with Crippen LogP contribution in [0.2, 0.25) is 5.02 Å². The van der Waals surface area contributed by atoms with Crippen LogP contribution < -0.4 is 15.4 Å². The molecule has 3 aromatic carbocycles. The van der Waals surface area contributed by atoms with Crippen LogP contribution in [0.15, 0.2) is 71.6 Å².